The van der Waals surface area contributed by atoms with Crippen LogP contribution in [0, 0.1) is 5.82 Å². The first-order chi connectivity index (χ1) is 8.27. The van der Waals surface area contributed by atoms with E-state index < -0.39 is 32.9 Å². The van der Waals surface area contributed by atoms with Crippen molar-refractivity contribution in [2.45, 2.75) is 24.2 Å². The van der Waals surface area contributed by atoms with Crippen molar-refractivity contribution < 1.29 is 17.9 Å². The molecule has 1 rings (SSSR count). The predicted molar refractivity (Wildman–Crippen MR) is 68.5 cm³/mol. The van der Waals surface area contributed by atoms with Crippen molar-refractivity contribution in [3.63, 3.8) is 0 Å². The number of nitrogens with two attached hydrogens (primary N) is 1. The third kappa shape index (κ3) is 3.51. The molecule has 4 nitrogen and oxygen atoms in total. The van der Waals surface area contributed by atoms with E-state index in [0.29, 0.717) is 5.56 Å². The van der Waals surface area contributed by atoms with Crippen LogP contribution in [0.25, 0.3) is 0 Å². The monoisotopic (exact) mass is 275 g/mol. The van der Waals surface area contributed by atoms with Crippen molar-refractivity contribution in [2.24, 2.45) is 5.73 Å². The van der Waals surface area contributed by atoms with Crippen LogP contribution in [0.5, 0.6) is 0 Å². The molecular formula is C12H18FNO3S. The number of benzene rings is 1. The molecule has 0 aliphatic carbocycles. The van der Waals surface area contributed by atoms with Crippen molar-refractivity contribution in [1.29, 1.82) is 0 Å². The molecule has 1 aromatic carbocycles. The summed E-state index contributed by atoms with van der Waals surface area (Å²) in [5.74, 6) is -1.05. The molecule has 0 aliphatic rings. The Morgan fingerprint density at radius 2 is 2.06 bits per heavy atom. The lowest BCUT2D eigenvalue weighted by atomic mass is 9.92. The Hall–Kier alpha value is -0.980. The summed E-state index contributed by atoms with van der Waals surface area (Å²) in [7, 11) is -3.37. The van der Waals surface area contributed by atoms with Gasteiger partial charge in [0.1, 0.15) is 5.82 Å². The predicted octanol–water partition coefficient (Wildman–Crippen LogP) is 0.662. The quantitative estimate of drug-likeness (QED) is 0.827. The molecule has 0 aromatic heterocycles. The van der Waals surface area contributed by atoms with E-state index in [1.54, 1.807) is 6.07 Å². The van der Waals surface area contributed by atoms with E-state index in [2.05, 4.69) is 0 Å². The topological polar surface area (TPSA) is 80.4 Å². The summed E-state index contributed by atoms with van der Waals surface area (Å²) in [5.41, 5.74) is 6.06. The lowest BCUT2D eigenvalue weighted by molar-refractivity contribution is 0.143. The van der Waals surface area contributed by atoms with E-state index in [9.17, 15) is 17.9 Å². The lowest BCUT2D eigenvalue weighted by Gasteiger charge is -2.26. The van der Waals surface area contributed by atoms with E-state index in [-0.39, 0.29) is 6.54 Å². The summed E-state index contributed by atoms with van der Waals surface area (Å²) in [6.07, 6.45) is -0.105. The van der Waals surface area contributed by atoms with Gasteiger partial charge in [0.2, 0.25) is 0 Å². The minimum Gasteiger partial charge on any atom is -0.391 e. The van der Waals surface area contributed by atoms with Crippen molar-refractivity contribution in [1.82, 2.24) is 0 Å². The van der Waals surface area contributed by atoms with E-state index in [1.807, 2.05) is 0 Å². The van der Waals surface area contributed by atoms with Gasteiger partial charge in [-0.25, -0.2) is 12.8 Å². The fourth-order valence-electron chi connectivity index (χ4n) is 1.79. The maximum absolute atomic E-state index is 13.1. The number of hydrogen-bond donors (Lipinski definition) is 2. The Balaban J connectivity index is 3.04. The van der Waals surface area contributed by atoms with Crippen molar-refractivity contribution >= 4 is 9.84 Å². The van der Waals surface area contributed by atoms with Crippen LogP contribution in [-0.2, 0) is 9.84 Å². The number of aliphatic hydroxyl groups is 1. The number of aliphatic hydroxyl groups excluding tert-OH is 1. The number of rotatable bonds is 5. The van der Waals surface area contributed by atoms with Gasteiger partial charge in [0.25, 0.3) is 0 Å². The van der Waals surface area contributed by atoms with Crippen LogP contribution in [0.4, 0.5) is 4.39 Å². The molecular weight excluding hydrogens is 257 g/mol. The molecule has 3 N–H and O–H groups in total. The van der Waals surface area contributed by atoms with Crippen LogP contribution in [-0.4, -0.2) is 37.7 Å². The highest BCUT2D eigenvalue weighted by molar-refractivity contribution is 7.91. The number of halogens is 1. The van der Waals surface area contributed by atoms with Gasteiger partial charge < -0.3 is 10.8 Å². The Morgan fingerprint density at radius 1 is 1.44 bits per heavy atom. The zero-order chi connectivity index (χ0) is 13.9. The highest BCUT2D eigenvalue weighted by atomic mass is 32.2. The standard InChI is InChI=1S/C12H18FNO3S/c1-8(18(2,16)17)12(15)11(7-14)9-4-3-5-10(13)6-9/h3-6,8,11-12,15H,7,14H2,1-2H3. The minimum atomic E-state index is -3.37. The molecule has 0 bridgehead atoms. The molecule has 6 heteroatoms. The zero-order valence-corrected chi connectivity index (χ0v) is 11.2. The molecule has 0 aliphatic heterocycles. The molecule has 18 heavy (non-hydrogen) atoms. The summed E-state index contributed by atoms with van der Waals surface area (Å²) in [5, 5.41) is 9.13. The van der Waals surface area contributed by atoms with Crippen molar-refractivity contribution in [3.05, 3.63) is 35.6 Å². The van der Waals surface area contributed by atoms with Crippen LogP contribution in [0.1, 0.15) is 18.4 Å². The maximum atomic E-state index is 13.1. The lowest BCUT2D eigenvalue weighted by Crippen LogP contribution is -2.38. The second-order valence-corrected chi connectivity index (χ2v) is 6.83. The smallest absolute Gasteiger partial charge is 0.152 e. The minimum absolute atomic E-state index is 0.0461. The second kappa shape index (κ2) is 5.77. The molecule has 0 amide bonds. The zero-order valence-electron chi connectivity index (χ0n) is 10.4. The van der Waals surface area contributed by atoms with Crippen molar-refractivity contribution in [2.75, 3.05) is 12.8 Å². The van der Waals surface area contributed by atoms with Gasteiger partial charge in [-0.15, -0.1) is 0 Å². The van der Waals surface area contributed by atoms with E-state index >= 15 is 0 Å². The van der Waals surface area contributed by atoms with Gasteiger partial charge in [-0.2, -0.15) is 0 Å². The average Bonchev–Trinajstić information content (AvgIpc) is 2.27. The maximum Gasteiger partial charge on any atom is 0.152 e. The SMILES string of the molecule is CC(C(O)C(CN)c1cccc(F)c1)S(C)(=O)=O. The third-order valence-corrected chi connectivity index (χ3v) is 4.73. The molecule has 3 unspecified atom stereocenters. The summed E-state index contributed by atoms with van der Waals surface area (Å²) >= 11 is 0. The van der Waals surface area contributed by atoms with Gasteiger partial charge in [-0.05, 0) is 24.6 Å². The van der Waals surface area contributed by atoms with Gasteiger partial charge >= 0.3 is 0 Å². The van der Waals surface area contributed by atoms with Crippen LogP contribution >= 0.6 is 0 Å². The first-order valence-electron chi connectivity index (χ1n) is 5.60. The number of hydrogen-bond acceptors (Lipinski definition) is 4. The summed E-state index contributed by atoms with van der Waals surface area (Å²) in [4.78, 5) is 0. The van der Waals surface area contributed by atoms with Gasteiger partial charge in [-0.1, -0.05) is 12.1 Å². The van der Waals surface area contributed by atoms with E-state index in [4.69, 9.17) is 5.73 Å². The first-order valence-corrected chi connectivity index (χ1v) is 7.55. The third-order valence-electron chi connectivity index (χ3n) is 3.10. The molecule has 0 heterocycles. The van der Waals surface area contributed by atoms with Crippen molar-refractivity contribution in [3.8, 4) is 0 Å². The van der Waals surface area contributed by atoms with Gasteiger partial charge in [0.05, 0.1) is 11.4 Å². The van der Waals surface area contributed by atoms with Crippen LogP contribution in [0.2, 0.25) is 0 Å². The first kappa shape index (κ1) is 15.1. The Labute approximate surface area is 107 Å². The molecule has 0 saturated heterocycles. The summed E-state index contributed by atoms with van der Waals surface area (Å²) in [6, 6.07) is 5.67. The highest BCUT2D eigenvalue weighted by Crippen LogP contribution is 2.24. The van der Waals surface area contributed by atoms with Gasteiger partial charge in [0, 0.05) is 18.7 Å². The molecule has 0 saturated carbocycles. The molecule has 102 valence electrons. The summed E-state index contributed by atoms with van der Waals surface area (Å²) < 4.78 is 36.0. The summed E-state index contributed by atoms with van der Waals surface area (Å²) in [6.45, 7) is 1.46. The number of sulfone groups is 1. The highest BCUT2D eigenvalue weighted by Gasteiger charge is 2.31. The van der Waals surface area contributed by atoms with Crippen LogP contribution in [0.3, 0.4) is 0 Å². The van der Waals surface area contributed by atoms with E-state index in [1.165, 1.54) is 25.1 Å². The van der Waals surface area contributed by atoms with Gasteiger partial charge in [0.15, 0.2) is 9.84 Å². The molecule has 0 spiro atoms. The van der Waals surface area contributed by atoms with Crippen LogP contribution in [0.15, 0.2) is 24.3 Å². The Morgan fingerprint density at radius 3 is 2.50 bits per heavy atom. The molecule has 0 fully saturated rings. The fraction of sp³-hybridized carbons (Fsp3) is 0.500. The Bertz CT molecular complexity index is 504. The largest absolute Gasteiger partial charge is 0.391 e. The molecule has 1 aromatic rings. The molecule has 3 atom stereocenters. The van der Waals surface area contributed by atoms with Crippen LogP contribution < -0.4 is 5.73 Å². The fourth-order valence-corrected chi connectivity index (χ4v) is 2.49. The molecule has 0 radical (unpaired) electrons. The Kier molecular flexibility index (Phi) is 4.84. The normalized spacial score (nSPS) is 17.2. The average molecular weight is 275 g/mol. The second-order valence-electron chi connectivity index (χ2n) is 4.42. The van der Waals surface area contributed by atoms with E-state index in [0.717, 1.165) is 6.26 Å². The van der Waals surface area contributed by atoms with Gasteiger partial charge in [-0.3, -0.25) is 0 Å².